The van der Waals surface area contributed by atoms with Gasteiger partial charge in [0, 0.05) is 5.56 Å². The number of rotatable bonds is 5. The maximum Gasteiger partial charge on any atom is 0.219 e. The van der Waals surface area contributed by atoms with Crippen LogP contribution in [0.15, 0.2) is 18.2 Å². The van der Waals surface area contributed by atoms with Gasteiger partial charge in [-0.05, 0) is 23.6 Å². The van der Waals surface area contributed by atoms with Crippen molar-refractivity contribution in [2.45, 2.75) is 32.8 Å². The van der Waals surface area contributed by atoms with E-state index in [1.54, 1.807) is 7.11 Å². The molecule has 2 rings (SSSR count). The van der Waals surface area contributed by atoms with E-state index in [9.17, 15) is 0 Å². The molecule has 0 spiro atoms. The van der Waals surface area contributed by atoms with Crippen LogP contribution in [0, 0.1) is 0 Å². The van der Waals surface area contributed by atoms with Gasteiger partial charge in [-0.1, -0.05) is 32.1 Å². The van der Waals surface area contributed by atoms with Crippen LogP contribution in [0.25, 0.3) is 0 Å². The maximum atomic E-state index is 5.89. The number of aromatic nitrogens is 2. The summed E-state index contributed by atoms with van der Waals surface area (Å²) in [4.78, 5) is 0. The lowest BCUT2D eigenvalue weighted by Gasteiger charge is -2.23. The summed E-state index contributed by atoms with van der Waals surface area (Å²) in [7, 11) is 1.66. The number of ether oxygens (including phenoxy) is 2. The molecule has 0 unspecified atom stereocenters. The number of hydrogen-bond acceptors (Lipinski definition) is 7. The smallest absolute Gasteiger partial charge is 0.219 e. The van der Waals surface area contributed by atoms with Gasteiger partial charge < -0.3 is 9.47 Å². The van der Waals surface area contributed by atoms with Crippen LogP contribution in [0.5, 0.6) is 11.5 Å². The van der Waals surface area contributed by atoms with Crippen LogP contribution in [0.1, 0.15) is 31.3 Å². The second-order valence-electron chi connectivity index (χ2n) is 5.55. The normalized spacial score (nSPS) is 11.3. The Kier molecular flexibility index (Phi) is 4.64. The number of nitrogen functional groups attached to an aromatic ring is 1. The summed E-state index contributed by atoms with van der Waals surface area (Å²) in [6, 6.07) is 5.81. The van der Waals surface area contributed by atoms with Crippen molar-refractivity contribution in [3.8, 4) is 11.5 Å². The first-order chi connectivity index (χ1) is 9.94. The molecule has 0 aliphatic rings. The Bertz CT molecular complexity index is 607. The second-order valence-corrected chi connectivity index (χ2v) is 6.61. The fourth-order valence-corrected chi connectivity index (χ4v) is 2.42. The van der Waals surface area contributed by atoms with Crippen molar-refractivity contribution in [1.82, 2.24) is 10.2 Å². The molecule has 6 nitrogen and oxygen atoms in total. The van der Waals surface area contributed by atoms with Gasteiger partial charge in [0.1, 0.15) is 18.1 Å². The van der Waals surface area contributed by atoms with E-state index < -0.39 is 0 Å². The monoisotopic (exact) mass is 308 g/mol. The third-order valence-corrected chi connectivity index (χ3v) is 3.76. The van der Waals surface area contributed by atoms with Crippen LogP contribution >= 0.6 is 11.3 Å². The van der Waals surface area contributed by atoms with Crippen molar-refractivity contribution < 1.29 is 9.47 Å². The quantitative estimate of drug-likeness (QED) is 0.653. The molecule has 0 saturated carbocycles. The van der Waals surface area contributed by atoms with Gasteiger partial charge in [0.15, 0.2) is 5.01 Å². The third kappa shape index (κ3) is 3.83. The first-order valence-electron chi connectivity index (χ1n) is 6.54. The van der Waals surface area contributed by atoms with E-state index in [2.05, 4.69) is 36.4 Å². The standard InChI is InChI=1S/C14H20N4O2S/c1-14(2,3)10-7-9(19-4)5-6-11(10)20-8-12-17-18-13(16-15)21-12/h5-7H,8,15H2,1-4H3,(H,16,18). The minimum absolute atomic E-state index is 0.0467. The molecule has 0 amide bonds. The summed E-state index contributed by atoms with van der Waals surface area (Å²) in [6.07, 6.45) is 0. The summed E-state index contributed by atoms with van der Waals surface area (Å²) in [5.41, 5.74) is 3.51. The van der Waals surface area contributed by atoms with Crippen LogP contribution in [-0.4, -0.2) is 17.3 Å². The Morgan fingerprint density at radius 1 is 1.29 bits per heavy atom. The number of nitrogens with one attached hydrogen (secondary N) is 1. The van der Waals surface area contributed by atoms with Crippen LogP contribution in [0.4, 0.5) is 5.13 Å². The van der Waals surface area contributed by atoms with Crippen molar-refractivity contribution in [2.75, 3.05) is 12.5 Å². The Labute approximate surface area is 128 Å². The lowest BCUT2D eigenvalue weighted by atomic mass is 9.86. The fourth-order valence-electron chi connectivity index (χ4n) is 1.86. The van der Waals surface area contributed by atoms with Gasteiger partial charge in [-0.15, -0.1) is 10.2 Å². The predicted octanol–water partition coefficient (Wildman–Crippen LogP) is 2.71. The average Bonchev–Trinajstić information content (AvgIpc) is 2.92. The van der Waals surface area contributed by atoms with E-state index in [-0.39, 0.29) is 5.41 Å². The molecule has 21 heavy (non-hydrogen) atoms. The van der Waals surface area contributed by atoms with Gasteiger partial charge in [-0.3, -0.25) is 5.43 Å². The lowest BCUT2D eigenvalue weighted by Crippen LogP contribution is -2.13. The van der Waals surface area contributed by atoms with Gasteiger partial charge in [-0.2, -0.15) is 0 Å². The molecule has 0 radical (unpaired) electrons. The van der Waals surface area contributed by atoms with Crippen LogP contribution in [0.2, 0.25) is 0 Å². The van der Waals surface area contributed by atoms with E-state index in [0.29, 0.717) is 11.7 Å². The summed E-state index contributed by atoms with van der Waals surface area (Å²) in [5.74, 6) is 6.92. The number of nitrogens with zero attached hydrogens (tertiary/aromatic N) is 2. The number of methoxy groups -OCH3 is 1. The first kappa shape index (κ1) is 15.5. The van der Waals surface area contributed by atoms with Gasteiger partial charge in [0.2, 0.25) is 5.13 Å². The molecule has 1 heterocycles. The molecule has 3 N–H and O–H groups in total. The Morgan fingerprint density at radius 2 is 2.05 bits per heavy atom. The zero-order chi connectivity index (χ0) is 15.5. The molecule has 0 bridgehead atoms. The van der Waals surface area contributed by atoms with Crippen LogP contribution in [0.3, 0.4) is 0 Å². The number of benzene rings is 1. The van der Waals surface area contributed by atoms with Crippen molar-refractivity contribution in [2.24, 2.45) is 5.84 Å². The van der Waals surface area contributed by atoms with E-state index in [0.717, 1.165) is 22.1 Å². The zero-order valence-electron chi connectivity index (χ0n) is 12.6. The second kappa shape index (κ2) is 6.28. The molecule has 1 aromatic heterocycles. The van der Waals surface area contributed by atoms with Crippen molar-refractivity contribution in [1.29, 1.82) is 0 Å². The van der Waals surface area contributed by atoms with Gasteiger partial charge in [-0.25, -0.2) is 5.84 Å². The molecular formula is C14H20N4O2S. The van der Waals surface area contributed by atoms with E-state index in [1.807, 2.05) is 18.2 Å². The summed E-state index contributed by atoms with van der Waals surface area (Å²) in [5, 5.41) is 9.21. The number of hydrogen-bond donors (Lipinski definition) is 2. The molecule has 0 saturated heterocycles. The largest absolute Gasteiger partial charge is 0.497 e. The molecule has 2 aromatic rings. The summed E-state index contributed by atoms with van der Waals surface area (Å²) < 4.78 is 11.2. The highest BCUT2D eigenvalue weighted by atomic mass is 32.1. The van der Waals surface area contributed by atoms with Crippen LogP contribution < -0.4 is 20.7 Å². The SMILES string of the molecule is COc1ccc(OCc2nnc(NN)s2)c(C(C)(C)C)c1. The van der Waals surface area contributed by atoms with Gasteiger partial charge in [0.05, 0.1) is 7.11 Å². The zero-order valence-corrected chi connectivity index (χ0v) is 13.5. The van der Waals surface area contributed by atoms with Crippen LogP contribution in [-0.2, 0) is 12.0 Å². The topological polar surface area (TPSA) is 82.3 Å². The van der Waals surface area contributed by atoms with Gasteiger partial charge in [0.25, 0.3) is 0 Å². The summed E-state index contributed by atoms with van der Waals surface area (Å²) >= 11 is 1.37. The minimum Gasteiger partial charge on any atom is -0.497 e. The Morgan fingerprint density at radius 3 is 2.62 bits per heavy atom. The highest BCUT2D eigenvalue weighted by Gasteiger charge is 2.20. The Balaban J connectivity index is 2.19. The molecule has 0 atom stereocenters. The highest BCUT2D eigenvalue weighted by Crippen LogP contribution is 2.34. The molecular weight excluding hydrogens is 288 g/mol. The van der Waals surface area contributed by atoms with Crippen molar-refractivity contribution in [3.63, 3.8) is 0 Å². The number of anilines is 1. The average molecular weight is 308 g/mol. The minimum atomic E-state index is -0.0467. The molecule has 7 heteroatoms. The van der Waals surface area contributed by atoms with E-state index in [4.69, 9.17) is 15.3 Å². The van der Waals surface area contributed by atoms with E-state index in [1.165, 1.54) is 11.3 Å². The van der Waals surface area contributed by atoms with Gasteiger partial charge >= 0.3 is 0 Å². The molecule has 1 aromatic carbocycles. The Hall–Kier alpha value is -1.86. The molecule has 0 fully saturated rings. The first-order valence-corrected chi connectivity index (χ1v) is 7.36. The highest BCUT2D eigenvalue weighted by molar-refractivity contribution is 7.15. The van der Waals surface area contributed by atoms with Crippen molar-refractivity contribution in [3.05, 3.63) is 28.8 Å². The number of nitrogens with two attached hydrogens (primary N) is 1. The molecule has 0 aliphatic heterocycles. The fraction of sp³-hybridized carbons (Fsp3) is 0.429. The van der Waals surface area contributed by atoms with Crippen molar-refractivity contribution >= 4 is 16.5 Å². The molecule has 114 valence electrons. The molecule has 0 aliphatic carbocycles. The number of hydrazine groups is 1. The van der Waals surface area contributed by atoms with E-state index >= 15 is 0 Å². The summed E-state index contributed by atoms with van der Waals surface area (Å²) in [6.45, 7) is 6.76. The predicted molar refractivity (Wildman–Crippen MR) is 83.7 cm³/mol. The third-order valence-electron chi connectivity index (χ3n) is 2.94. The maximum absolute atomic E-state index is 5.89. The lowest BCUT2D eigenvalue weighted by molar-refractivity contribution is 0.295.